The quantitative estimate of drug-likeness (QED) is 0.761. The van der Waals surface area contributed by atoms with Gasteiger partial charge >= 0.3 is 0 Å². The van der Waals surface area contributed by atoms with E-state index in [1.54, 1.807) is 0 Å². The summed E-state index contributed by atoms with van der Waals surface area (Å²) in [4.78, 5) is 2.49. The van der Waals surface area contributed by atoms with Crippen LogP contribution in [0.15, 0.2) is 0 Å². The summed E-state index contributed by atoms with van der Waals surface area (Å²) in [6.07, 6.45) is 1.53. The molecule has 0 amide bonds. The molecule has 1 atom stereocenters. The van der Waals surface area contributed by atoms with Gasteiger partial charge in [-0.25, -0.2) is 0 Å². The molecule has 0 aromatic heterocycles. The molecule has 2 heterocycles. The van der Waals surface area contributed by atoms with Crippen molar-refractivity contribution >= 4 is 0 Å². The Balaban J connectivity index is 1.68. The van der Waals surface area contributed by atoms with Gasteiger partial charge in [-0.05, 0) is 20.3 Å². The number of nitrogens with zero attached hydrogens (tertiary/aromatic N) is 1. The number of ether oxygens (including phenoxy) is 2. The first-order valence-corrected chi connectivity index (χ1v) is 6.34. The van der Waals surface area contributed by atoms with Crippen molar-refractivity contribution in [2.24, 2.45) is 0 Å². The lowest BCUT2D eigenvalue weighted by Gasteiger charge is -2.38. The van der Waals surface area contributed by atoms with Crippen LogP contribution in [0.4, 0.5) is 0 Å². The van der Waals surface area contributed by atoms with E-state index in [-0.39, 0.29) is 5.60 Å². The zero-order valence-electron chi connectivity index (χ0n) is 10.5. The predicted molar refractivity (Wildman–Crippen MR) is 63.7 cm³/mol. The molecule has 4 nitrogen and oxygen atoms in total. The van der Waals surface area contributed by atoms with Gasteiger partial charge in [-0.1, -0.05) is 0 Å². The zero-order chi connectivity index (χ0) is 11.4. The van der Waals surface area contributed by atoms with Gasteiger partial charge in [0.15, 0.2) is 0 Å². The summed E-state index contributed by atoms with van der Waals surface area (Å²) in [5.41, 5.74) is 0.0178. The van der Waals surface area contributed by atoms with Crippen molar-refractivity contribution < 1.29 is 9.47 Å². The SMILES string of the molecule is CC1(C)CN(CCC2CNCCO2)CCO1. The van der Waals surface area contributed by atoms with E-state index in [1.807, 2.05) is 0 Å². The Morgan fingerprint density at radius 1 is 1.38 bits per heavy atom. The van der Waals surface area contributed by atoms with E-state index in [4.69, 9.17) is 9.47 Å². The minimum Gasteiger partial charge on any atom is -0.376 e. The van der Waals surface area contributed by atoms with Crippen LogP contribution in [-0.2, 0) is 9.47 Å². The molecule has 2 aliphatic rings. The molecule has 16 heavy (non-hydrogen) atoms. The Morgan fingerprint density at radius 3 is 2.94 bits per heavy atom. The topological polar surface area (TPSA) is 33.7 Å². The summed E-state index contributed by atoms with van der Waals surface area (Å²) < 4.78 is 11.4. The predicted octanol–water partition coefficient (Wildman–Crippen LogP) is 0.476. The highest BCUT2D eigenvalue weighted by Crippen LogP contribution is 2.17. The number of rotatable bonds is 3. The molecular weight excluding hydrogens is 204 g/mol. The molecule has 0 aromatic rings. The first-order valence-electron chi connectivity index (χ1n) is 6.34. The first-order chi connectivity index (χ1) is 7.66. The summed E-state index contributed by atoms with van der Waals surface area (Å²) in [6, 6.07) is 0. The summed E-state index contributed by atoms with van der Waals surface area (Å²) >= 11 is 0. The number of morpholine rings is 2. The molecule has 1 unspecified atom stereocenters. The van der Waals surface area contributed by atoms with E-state index in [9.17, 15) is 0 Å². The molecule has 0 aliphatic carbocycles. The lowest BCUT2D eigenvalue weighted by molar-refractivity contribution is -0.0895. The van der Waals surface area contributed by atoms with Gasteiger partial charge in [0, 0.05) is 32.7 Å². The molecule has 0 saturated carbocycles. The van der Waals surface area contributed by atoms with Crippen LogP contribution in [-0.4, -0.2) is 62.5 Å². The molecule has 0 aromatic carbocycles. The lowest BCUT2D eigenvalue weighted by atomic mass is 10.1. The lowest BCUT2D eigenvalue weighted by Crippen LogP contribution is -2.49. The second-order valence-electron chi connectivity index (χ2n) is 5.37. The summed E-state index contributed by atoms with van der Waals surface area (Å²) in [5.74, 6) is 0. The van der Waals surface area contributed by atoms with Gasteiger partial charge in [0.2, 0.25) is 0 Å². The molecule has 0 spiro atoms. The number of hydrogen-bond donors (Lipinski definition) is 1. The molecule has 0 bridgehead atoms. The maximum atomic E-state index is 5.70. The van der Waals surface area contributed by atoms with Crippen LogP contribution >= 0.6 is 0 Å². The highest BCUT2D eigenvalue weighted by molar-refractivity contribution is 4.80. The number of hydrogen-bond acceptors (Lipinski definition) is 4. The van der Waals surface area contributed by atoms with Crippen molar-refractivity contribution in [1.29, 1.82) is 0 Å². The third-order valence-electron chi connectivity index (χ3n) is 3.28. The Kier molecular flexibility index (Phi) is 4.19. The Labute approximate surface area is 98.3 Å². The maximum Gasteiger partial charge on any atom is 0.0753 e. The molecule has 2 rings (SSSR count). The van der Waals surface area contributed by atoms with Crippen molar-refractivity contribution in [3.63, 3.8) is 0 Å². The number of nitrogens with one attached hydrogen (secondary N) is 1. The van der Waals surface area contributed by atoms with Crippen molar-refractivity contribution in [2.45, 2.75) is 32.0 Å². The average Bonchev–Trinajstić information content (AvgIpc) is 2.27. The molecule has 0 radical (unpaired) electrons. The fourth-order valence-electron chi connectivity index (χ4n) is 2.44. The average molecular weight is 228 g/mol. The molecule has 2 aliphatic heterocycles. The molecule has 4 heteroatoms. The third-order valence-corrected chi connectivity index (χ3v) is 3.28. The van der Waals surface area contributed by atoms with Gasteiger partial charge in [-0.15, -0.1) is 0 Å². The third kappa shape index (κ3) is 3.70. The van der Waals surface area contributed by atoms with Crippen molar-refractivity contribution in [3.8, 4) is 0 Å². The van der Waals surface area contributed by atoms with Crippen molar-refractivity contribution in [1.82, 2.24) is 10.2 Å². The second-order valence-corrected chi connectivity index (χ2v) is 5.37. The highest BCUT2D eigenvalue weighted by atomic mass is 16.5. The normalized spacial score (nSPS) is 31.5. The van der Waals surface area contributed by atoms with Crippen LogP contribution in [0, 0.1) is 0 Å². The van der Waals surface area contributed by atoms with E-state index in [0.717, 1.165) is 52.4 Å². The van der Waals surface area contributed by atoms with Crippen LogP contribution in [0.3, 0.4) is 0 Å². The Morgan fingerprint density at radius 2 is 2.25 bits per heavy atom. The van der Waals surface area contributed by atoms with Crippen molar-refractivity contribution in [3.05, 3.63) is 0 Å². The Hall–Kier alpha value is -0.160. The van der Waals surface area contributed by atoms with Crippen LogP contribution in [0.5, 0.6) is 0 Å². The van der Waals surface area contributed by atoms with E-state index >= 15 is 0 Å². The summed E-state index contributed by atoms with van der Waals surface area (Å²) in [7, 11) is 0. The smallest absolute Gasteiger partial charge is 0.0753 e. The Bertz CT molecular complexity index is 215. The summed E-state index contributed by atoms with van der Waals surface area (Å²) in [5, 5.41) is 3.37. The van der Waals surface area contributed by atoms with Gasteiger partial charge in [0.25, 0.3) is 0 Å². The minimum atomic E-state index is 0.0178. The fraction of sp³-hybridized carbons (Fsp3) is 1.00. The molecule has 1 N–H and O–H groups in total. The van der Waals surface area contributed by atoms with Gasteiger partial charge in [0.05, 0.1) is 24.9 Å². The van der Waals surface area contributed by atoms with Gasteiger partial charge in [-0.2, -0.15) is 0 Å². The largest absolute Gasteiger partial charge is 0.376 e. The monoisotopic (exact) mass is 228 g/mol. The van der Waals surface area contributed by atoms with E-state index in [2.05, 4.69) is 24.1 Å². The van der Waals surface area contributed by atoms with E-state index < -0.39 is 0 Å². The van der Waals surface area contributed by atoms with Crippen molar-refractivity contribution in [2.75, 3.05) is 45.9 Å². The zero-order valence-corrected chi connectivity index (χ0v) is 10.5. The standard InChI is InChI=1S/C12H24N2O2/c1-12(2)10-14(6-8-16-12)5-3-11-9-13-4-7-15-11/h11,13H,3-10H2,1-2H3. The van der Waals surface area contributed by atoms with Crippen LogP contribution in [0.1, 0.15) is 20.3 Å². The van der Waals surface area contributed by atoms with Gasteiger partial charge in [0.1, 0.15) is 0 Å². The minimum absolute atomic E-state index is 0.0178. The van der Waals surface area contributed by atoms with Gasteiger partial charge < -0.3 is 14.8 Å². The van der Waals surface area contributed by atoms with E-state index in [0.29, 0.717) is 6.10 Å². The molecule has 2 fully saturated rings. The molecule has 2 saturated heterocycles. The van der Waals surface area contributed by atoms with E-state index in [1.165, 1.54) is 0 Å². The molecular formula is C12H24N2O2. The highest BCUT2D eigenvalue weighted by Gasteiger charge is 2.27. The second kappa shape index (κ2) is 5.45. The molecule has 94 valence electrons. The summed E-state index contributed by atoms with van der Waals surface area (Å²) in [6.45, 7) is 11.3. The maximum absolute atomic E-state index is 5.70. The van der Waals surface area contributed by atoms with Crippen LogP contribution in [0.2, 0.25) is 0 Å². The first kappa shape index (κ1) is 12.3. The van der Waals surface area contributed by atoms with Crippen LogP contribution < -0.4 is 5.32 Å². The van der Waals surface area contributed by atoms with Gasteiger partial charge in [-0.3, -0.25) is 4.90 Å². The van der Waals surface area contributed by atoms with Crippen LogP contribution in [0.25, 0.3) is 0 Å². The fourth-order valence-corrected chi connectivity index (χ4v) is 2.44.